The second-order valence-corrected chi connectivity index (χ2v) is 5.92. The molecule has 0 atom stereocenters. The van der Waals surface area contributed by atoms with Crippen molar-refractivity contribution in [3.05, 3.63) is 5.21 Å². The Labute approximate surface area is 85.6 Å². The zero-order valence-electron chi connectivity index (χ0n) is 6.65. The van der Waals surface area contributed by atoms with Crippen molar-refractivity contribution >= 4 is 20.8 Å². The lowest BCUT2D eigenvalue weighted by atomic mass is 11.6. The maximum Gasteiger partial charge on any atom is 0.512 e. The zero-order chi connectivity index (χ0) is 13.6. The van der Waals surface area contributed by atoms with Gasteiger partial charge in [-0.05, 0) is 10.8 Å². The number of sulfonamides is 1. The molecule has 2 N–H and O–H groups in total. The van der Waals surface area contributed by atoms with Gasteiger partial charge in [-0.1, -0.05) is 0 Å². The summed E-state index contributed by atoms with van der Waals surface area (Å²) in [5.74, 6) is 0. The Morgan fingerprint density at radius 3 is 1.44 bits per heavy atom. The predicted octanol–water partition coefficient (Wildman–Crippen LogP) is 1.82. The SMILES string of the molecule is O=S(=O)(N([O-])S(O)(O)C(F)(F)F)C(F)(F)F. The van der Waals surface area contributed by atoms with Crippen LogP contribution in [0.25, 0.3) is 0 Å². The maximum atomic E-state index is 11.7. The summed E-state index contributed by atoms with van der Waals surface area (Å²) in [6.07, 6.45) is 0. The average molecular weight is 298 g/mol. The van der Waals surface area contributed by atoms with E-state index < -0.39 is 35.7 Å². The fourth-order valence-corrected chi connectivity index (χ4v) is 2.25. The van der Waals surface area contributed by atoms with E-state index in [-0.39, 0.29) is 0 Å². The molecule has 16 heavy (non-hydrogen) atoms. The quantitative estimate of drug-likeness (QED) is 0.598. The first-order valence-corrected chi connectivity index (χ1v) is 5.73. The van der Waals surface area contributed by atoms with Gasteiger partial charge in [0.1, 0.15) is 0 Å². The molecule has 0 saturated carbocycles. The molecule has 14 heteroatoms. The highest BCUT2D eigenvalue weighted by molar-refractivity contribution is 8.28. The molecule has 0 amide bonds. The molecule has 0 fully saturated rings. The largest absolute Gasteiger partial charge is 0.754 e. The van der Waals surface area contributed by atoms with Gasteiger partial charge in [0.05, 0.1) is 0 Å². The highest BCUT2D eigenvalue weighted by Gasteiger charge is 2.57. The molecule has 0 aromatic rings. The minimum absolute atomic E-state index is 2.79. The molecule has 0 aromatic heterocycles. The van der Waals surface area contributed by atoms with Crippen LogP contribution in [0.15, 0.2) is 0 Å². The number of hydrogen-bond donors (Lipinski definition) is 2. The van der Waals surface area contributed by atoms with Crippen LogP contribution in [-0.2, 0) is 10.0 Å². The molecule has 0 aromatic carbocycles. The van der Waals surface area contributed by atoms with E-state index in [1.165, 1.54) is 0 Å². The molecule has 0 saturated heterocycles. The summed E-state index contributed by atoms with van der Waals surface area (Å²) >= 11 is 0. The molecule has 0 aliphatic carbocycles. The van der Waals surface area contributed by atoms with E-state index in [2.05, 4.69) is 0 Å². The summed E-state index contributed by atoms with van der Waals surface area (Å²) in [5, 5.41) is 10.2. The van der Waals surface area contributed by atoms with Crippen LogP contribution >= 0.6 is 10.8 Å². The van der Waals surface area contributed by atoms with Gasteiger partial charge in [-0.25, -0.2) is 8.42 Å². The molecule has 0 rings (SSSR count). The van der Waals surface area contributed by atoms with Crippen molar-refractivity contribution in [2.75, 3.05) is 0 Å². The Bertz CT molecular complexity index is 356. The van der Waals surface area contributed by atoms with Crippen molar-refractivity contribution in [3.63, 3.8) is 0 Å². The van der Waals surface area contributed by atoms with E-state index >= 15 is 0 Å². The van der Waals surface area contributed by atoms with E-state index in [4.69, 9.17) is 9.11 Å². The molecule has 0 spiro atoms. The van der Waals surface area contributed by atoms with Gasteiger partial charge in [-0.15, -0.1) is 0 Å². The van der Waals surface area contributed by atoms with Crippen LogP contribution in [0.3, 0.4) is 0 Å². The van der Waals surface area contributed by atoms with Crippen LogP contribution in [0.1, 0.15) is 0 Å². The van der Waals surface area contributed by atoms with Gasteiger partial charge in [-0.3, -0.25) is 9.11 Å². The normalized spacial score (nSPS) is 16.6. The van der Waals surface area contributed by atoms with Gasteiger partial charge in [-0.2, -0.15) is 30.2 Å². The minimum Gasteiger partial charge on any atom is -0.754 e. The summed E-state index contributed by atoms with van der Waals surface area (Å²) < 4.78 is 103. The van der Waals surface area contributed by atoms with Crippen molar-refractivity contribution in [3.8, 4) is 0 Å². The molecule has 6 nitrogen and oxygen atoms in total. The summed E-state index contributed by atoms with van der Waals surface area (Å²) in [7, 11) is -13.7. The Morgan fingerprint density at radius 2 is 1.25 bits per heavy atom. The molecule has 0 aliphatic rings. The van der Waals surface area contributed by atoms with E-state index in [1.807, 2.05) is 0 Å². The van der Waals surface area contributed by atoms with E-state index in [0.29, 0.717) is 0 Å². The molecule has 0 radical (unpaired) electrons. The number of halogens is 6. The summed E-state index contributed by atoms with van der Waals surface area (Å²) in [6, 6.07) is 0. The van der Waals surface area contributed by atoms with Crippen LogP contribution < -0.4 is 0 Å². The highest BCUT2D eigenvalue weighted by atomic mass is 32.3. The van der Waals surface area contributed by atoms with E-state index in [1.54, 1.807) is 0 Å². The monoisotopic (exact) mass is 298 g/mol. The third-order valence-electron chi connectivity index (χ3n) is 1.01. The molecule has 100 valence electrons. The second-order valence-electron chi connectivity index (χ2n) is 2.11. The molecule has 0 unspecified atom stereocenters. The summed E-state index contributed by atoms with van der Waals surface area (Å²) in [4.78, 5) is 0. The first-order chi connectivity index (χ1) is 6.65. The first kappa shape index (κ1) is 15.7. The van der Waals surface area contributed by atoms with Crippen molar-refractivity contribution in [2.45, 2.75) is 11.0 Å². The fraction of sp³-hybridized carbons (Fsp3) is 1.00. The Morgan fingerprint density at radius 1 is 0.938 bits per heavy atom. The van der Waals surface area contributed by atoms with Gasteiger partial charge < -0.3 is 5.21 Å². The molecule has 0 heterocycles. The second kappa shape index (κ2) is 3.88. The Hall–Kier alpha value is -0.280. The smallest absolute Gasteiger partial charge is 0.512 e. The number of hydrogen-bond acceptors (Lipinski definition) is 5. The topological polar surface area (TPSA) is 101 Å². The van der Waals surface area contributed by atoms with Gasteiger partial charge >= 0.3 is 21.0 Å². The number of rotatable bonds is 2. The van der Waals surface area contributed by atoms with Crippen molar-refractivity contribution in [1.29, 1.82) is 0 Å². The average Bonchev–Trinajstić information content (AvgIpc) is 1.98. The van der Waals surface area contributed by atoms with E-state index in [0.717, 1.165) is 0 Å². The predicted molar refractivity (Wildman–Crippen MR) is 39.1 cm³/mol. The standard InChI is InChI=1S/C2H2F6NO5S2/c3-1(4,5)15(11,12)9(10)16(13,14)2(6,7)8/h11-12H/q-1. The van der Waals surface area contributed by atoms with Crippen LogP contribution in [0, 0.1) is 5.21 Å². The zero-order valence-corrected chi connectivity index (χ0v) is 8.28. The fourth-order valence-electron chi connectivity index (χ4n) is 0.306. The minimum atomic E-state index is -7.02. The van der Waals surface area contributed by atoms with Crippen LogP contribution in [-0.4, -0.2) is 32.4 Å². The third kappa shape index (κ3) is 2.51. The van der Waals surface area contributed by atoms with Gasteiger partial charge in [0.15, 0.2) is 0 Å². The van der Waals surface area contributed by atoms with Crippen molar-refractivity contribution < 1.29 is 43.9 Å². The Kier molecular flexibility index (Phi) is 3.81. The van der Waals surface area contributed by atoms with Gasteiger partial charge in [0, 0.05) is 0 Å². The number of nitrogens with zero attached hydrogens (tertiary/aromatic N) is 1. The first-order valence-electron chi connectivity index (χ1n) is 2.79. The van der Waals surface area contributed by atoms with Gasteiger partial charge in [0.25, 0.3) is 0 Å². The highest BCUT2D eigenvalue weighted by Crippen LogP contribution is 2.60. The van der Waals surface area contributed by atoms with Crippen molar-refractivity contribution in [1.82, 2.24) is 3.87 Å². The maximum absolute atomic E-state index is 11.7. The van der Waals surface area contributed by atoms with Crippen LogP contribution in [0.4, 0.5) is 26.3 Å². The molecule has 0 aliphatic heterocycles. The lowest BCUT2D eigenvalue weighted by Gasteiger charge is -2.45. The molecular formula is C2H2F6NO5S2-. The van der Waals surface area contributed by atoms with Crippen molar-refractivity contribution in [2.24, 2.45) is 0 Å². The lowest BCUT2D eigenvalue weighted by molar-refractivity contribution is -0.0593. The summed E-state index contributed by atoms with van der Waals surface area (Å²) in [6.45, 7) is 0. The van der Waals surface area contributed by atoms with Crippen LogP contribution in [0.2, 0.25) is 0 Å². The van der Waals surface area contributed by atoms with Crippen LogP contribution in [0.5, 0.6) is 0 Å². The van der Waals surface area contributed by atoms with E-state index in [9.17, 15) is 40.0 Å². The molecular weight excluding hydrogens is 296 g/mol. The number of alkyl halides is 6. The molecule has 0 bridgehead atoms. The lowest BCUT2D eigenvalue weighted by Crippen LogP contribution is -2.42. The third-order valence-corrected chi connectivity index (χ3v) is 4.23. The Balaban J connectivity index is 5.50. The summed E-state index contributed by atoms with van der Waals surface area (Å²) in [5.41, 5.74) is -12.6. The van der Waals surface area contributed by atoms with Gasteiger partial charge in [0.2, 0.25) is 0 Å².